The molecule has 1 aliphatic carbocycles. The Morgan fingerprint density at radius 2 is 1.67 bits per heavy atom. The van der Waals surface area contributed by atoms with E-state index in [0.29, 0.717) is 5.92 Å². The van der Waals surface area contributed by atoms with Gasteiger partial charge in [0.15, 0.2) is 0 Å². The fourth-order valence-corrected chi connectivity index (χ4v) is 2.11. The molecule has 12 heavy (non-hydrogen) atoms. The van der Waals surface area contributed by atoms with Crippen molar-refractivity contribution in [2.75, 3.05) is 0 Å². The Bertz CT molecular complexity index is 145. The summed E-state index contributed by atoms with van der Waals surface area (Å²) < 4.78 is 0. The van der Waals surface area contributed by atoms with Gasteiger partial charge in [0.25, 0.3) is 0 Å². The van der Waals surface area contributed by atoms with Gasteiger partial charge in [-0.3, -0.25) is 0 Å². The number of hydrogen-bond acceptors (Lipinski definition) is 2. The van der Waals surface area contributed by atoms with Gasteiger partial charge in [0.05, 0.1) is 12.2 Å². The molecule has 72 valence electrons. The second-order valence-corrected chi connectivity index (χ2v) is 4.44. The Hall–Kier alpha value is -0.0800. The maximum Gasteiger partial charge on any atom is 0.0832 e. The zero-order valence-corrected chi connectivity index (χ0v) is 8.20. The lowest BCUT2D eigenvalue weighted by Gasteiger charge is -2.38. The molecule has 0 aromatic heterocycles. The lowest BCUT2D eigenvalue weighted by atomic mass is 9.74. The highest BCUT2D eigenvalue weighted by atomic mass is 16.3. The van der Waals surface area contributed by atoms with Crippen LogP contribution in [0.1, 0.15) is 33.6 Å². The quantitative estimate of drug-likeness (QED) is 0.628. The zero-order valence-electron chi connectivity index (χ0n) is 8.20. The van der Waals surface area contributed by atoms with Crippen LogP contribution in [-0.2, 0) is 0 Å². The highest BCUT2D eigenvalue weighted by Crippen LogP contribution is 2.33. The van der Waals surface area contributed by atoms with Gasteiger partial charge in [0.2, 0.25) is 0 Å². The molecule has 2 heteroatoms. The van der Waals surface area contributed by atoms with E-state index in [1.165, 1.54) is 0 Å². The summed E-state index contributed by atoms with van der Waals surface area (Å²) in [5, 5.41) is 19.3. The predicted molar refractivity (Wildman–Crippen MR) is 48.7 cm³/mol. The molecule has 0 radical (unpaired) electrons. The molecule has 1 saturated carbocycles. The van der Waals surface area contributed by atoms with Crippen LogP contribution >= 0.6 is 0 Å². The fraction of sp³-hybridized carbons (Fsp3) is 1.00. The van der Waals surface area contributed by atoms with E-state index in [9.17, 15) is 10.2 Å². The molecule has 1 aliphatic rings. The van der Waals surface area contributed by atoms with Crippen molar-refractivity contribution in [1.29, 1.82) is 0 Å². The Kier molecular flexibility index (Phi) is 3.13. The Morgan fingerprint density at radius 1 is 1.08 bits per heavy atom. The van der Waals surface area contributed by atoms with Gasteiger partial charge >= 0.3 is 0 Å². The summed E-state index contributed by atoms with van der Waals surface area (Å²) in [5.41, 5.74) is 0. The zero-order chi connectivity index (χ0) is 9.30. The molecule has 0 aromatic carbocycles. The van der Waals surface area contributed by atoms with Crippen LogP contribution in [0.3, 0.4) is 0 Å². The Morgan fingerprint density at radius 3 is 2.17 bits per heavy atom. The lowest BCUT2D eigenvalue weighted by molar-refractivity contribution is -0.0832. The number of aliphatic hydroxyl groups is 2. The smallest absolute Gasteiger partial charge is 0.0832 e. The van der Waals surface area contributed by atoms with Crippen LogP contribution in [0, 0.1) is 17.8 Å². The molecule has 0 aliphatic heterocycles. The molecule has 0 saturated heterocycles. The highest BCUT2D eigenvalue weighted by molar-refractivity contribution is 4.86. The van der Waals surface area contributed by atoms with Crippen LogP contribution in [0.2, 0.25) is 0 Å². The first-order chi connectivity index (χ1) is 5.54. The second-order valence-electron chi connectivity index (χ2n) is 4.44. The van der Waals surface area contributed by atoms with Gasteiger partial charge in [-0.25, -0.2) is 0 Å². The van der Waals surface area contributed by atoms with Crippen molar-refractivity contribution in [1.82, 2.24) is 0 Å². The molecule has 1 fully saturated rings. The minimum absolute atomic E-state index is 0.259. The third-order valence-corrected chi connectivity index (χ3v) is 3.18. The molecule has 0 heterocycles. The van der Waals surface area contributed by atoms with E-state index in [4.69, 9.17) is 0 Å². The third kappa shape index (κ3) is 1.80. The van der Waals surface area contributed by atoms with Crippen LogP contribution in [0.25, 0.3) is 0 Å². The van der Waals surface area contributed by atoms with Crippen LogP contribution in [0.4, 0.5) is 0 Å². The molecule has 0 bridgehead atoms. The molecule has 2 nitrogen and oxygen atoms in total. The molecule has 0 amide bonds. The number of aliphatic hydroxyl groups excluding tert-OH is 2. The number of rotatable bonds is 1. The third-order valence-electron chi connectivity index (χ3n) is 3.18. The Balaban J connectivity index is 2.58. The maximum atomic E-state index is 9.73. The molecule has 0 aromatic rings. The van der Waals surface area contributed by atoms with Gasteiger partial charge in [0.1, 0.15) is 0 Å². The summed E-state index contributed by atoms with van der Waals surface area (Å²) in [5.74, 6) is 1.02. The summed E-state index contributed by atoms with van der Waals surface area (Å²) in [6.45, 7) is 6.22. The van der Waals surface area contributed by atoms with Crippen LogP contribution < -0.4 is 0 Å². The Labute approximate surface area is 74.6 Å². The van der Waals surface area contributed by atoms with Crippen molar-refractivity contribution in [2.45, 2.75) is 45.8 Å². The molecule has 0 spiro atoms. The van der Waals surface area contributed by atoms with E-state index in [0.717, 1.165) is 12.8 Å². The monoisotopic (exact) mass is 172 g/mol. The van der Waals surface area contributed by atoms with E-state index in [2.05, 4.69) is 13.8 Å². The van der Waals surface area contributed by atoms with Crippen LogP contribution in [0.5, 0.6) is 0 Å². The minimum Gasteiger partial charge on any atom is -0.390 e. The highest BCUT2D eigenvalue weighted by Gasteiger charge is 2.36. The first kappa shape index (κ1) is 10.0. The molecular weight excluding hydrogens is 152 g/mol. The van der Waals surface area contributed by atoms with Gasteiger partial charge < -0.3 is 10.2 Å². The average molecular weight is 172 g/mol. The maximum absolute atomic E-state index is 9.73. The van der Waals surface area contributed by atoms with Crippen molar-refractivity contribution >= 4 is 0 Å². The first-order valence-corrected chi connectivity index (χ1v) is 4.90. The van der Waals surface area contributed by atoms with Gasteiger partial charge in [0, 0.05) is 0 Å². The van der Waals surface area contributed by atoms with Gasteiger partial charge in [-0.2, -0.15) is 0 Å². The minimum atomic E-state index is -0.508. The van der Waals surface area contributed by atoms with Crippen LogP contribution in [0.15, 0.2) is 0 Å². The van der Waals surface area contributed by atoms with E-state index < -0.39 is 12.2 Å². The van der Waals surface area contributed by atoms with Crippen molar-refractivity contribution in [3.05, 3.63) is 0 Å². The lowest BCUT2D eigenvalue weighted by Crippen LogP contribution is -2.44. The van der Waals surface area contributed by atoms with Crippen LogP contribution in [-0.4, -0.2) is 22.4 Å². The van der Waals surface area contributed by atoms with Gasteiger partial charge in [-0.1, -0.05) is 20.8 Å². The average Bonchev–Trinajstić information content (AvgIpc) is 2.00. The first-order valence-electron chi connectivity index (χ1n) is 4.90. The van der Waals surface area contributed by atoms with Crippen molar-refractivity contribution in [2.24, 2.45) is 17.8 Å². The molecule has 2 N–H and O–H groups in total. The van der Waals surface area contributed by atoms with Gasteiger partial charge in [-0.05, 0) is 30.6 Å². The fourth-order valence-electron chi connectivity index (χ4n) is 2.11. The SMILES string of the molecule is CC(C)[C@@H]1CC[C@H](C)[C@H](O)[C@H]1O. The summed E-state index contributed by atoms with van der Waals surface area (Å²) in [7, 11) is 0. The topological polar surface area (TPSA) is 40.5 Å². The molecule has 1 rings (SSSR count). The second kappa shape index (κ2) is 3.75. The summed E-state index contributed by atoms with van der Waals surface area (Å²) >= 11 is 0. The number of hydrogen-bond donors (Lipinski definition) is 2. The van der Waals surface area contributed by atoms with Gasteiger partial charge in [-0.15, -0.1) is 0 Å². The van der Waals surface area contributed by atoms with E-state index in [1.54, 1.807) is 0 Å². The van der Waals surface area contributed by atoms with E-state index in [-0.39, 0.29) is 11.8 Å². The summed E-state index contributed by atoms with van der Waals surface area (Å²) in [6, 6.07) is 0. The summed E-state index contributed by atoms with van der Waals surface area (Å²) in [4.78, 5) is 0. The standard InChI is InChI=1S/C10H20O2/c1-6(2)8-5-4-7(3)9(11)10(8)12/h6-12H,4-5H2,1-3H3/t7-,8-,9-,10-/m0/s1. The molecule has 0 unspecified atom stereocenters. The van der Waals surface area contributed by atoms with Crippen molar-refractivity contribution in [3.63, 3.8) is 0 Å². The summed E-state index contributed by atoms with van der Waals surface area (Å²) in [6.07, 6.45) is 1.08. The normalized spacial score (nSPS) is 43.5. The molecular formula is C10H20O2. The molecule has 4 atom stereocenters. The van der Waals surface area contributed by atoms with E-state index in [1.807, 2.05) is 6.92 Å². The predicted octanol–water partition coefficient (Wildman–Crippen LogP) is 1.41. The van der Waals surface area contributed by atoms with Crippen molar-refractivity contribution < 1.29 is 10.2 Å². The largest absolute Gasteiger partial charge is 0.390 e. The van der Waals surface area contributed by atoms with Crippen molar-refractivity contribution in [3.8, 4) is 0 Å². The van der Waals surface area contributed by atoms with E-state index >= 15 is 0 Å².